The standard InChI is InChI=1S/C49H92O12S/c1-3-5-7-9-11-13-15-17-19-20-21-22-24-25-27-29-31-33-35-37-44(50)58-39-42(40-59-49-48(54)47(53)46(52)43(61-49)41-62(55,56)57)60-45(51)38-36-34-32-30-28-26-23-18-16-14-12-10-8-6-4-2/h10,12,42-43,46-49,52-54H,3-9,11,13-41H2,1-2H3,(H,55,56,57)/b12-10+/t42-,43-,46-,47?,48?,49+/m1/s1. The number of esters is 2. The van der Waals surface area contributed by atoms with Gasteiger partial charge in [0.25, 0.3) is 10.1 Å². The summed E-state index contributed by atoms with van der Waals surface area (Å²) in [7, 11) is -4.60. The predicted molar refractivity (Wildman–Crippen MR) is 247 cm³/mol. The van der Waals surface area contributed by atoms with Crippen LogP contribution in [0.3, 0.4) is 0 Å². The summed E-state index contributed by atoms with van der Waals surface area (Å²) in [4.78, 5) is 25.5. The van der Waals surface area contributed by atoms with Crippen LogP contribution in [-0.4, -0.2) is 96.0 Å². The van der Waals surface area contributed by atoms with E-state index in [0.29, 0.717) is 12.8 Å². The molecule has 4 N–H and O–H groups in total. The second kappa shape index (κ2) is 39.7. The second-order valence-corrected chi connectivity index (χ2v) is 19.3. The SMILES string of the molecule is CCCC/C=C/CCCCCCCCCCCC(=O)O[C@H](COC(=O)CCCCCCCCCCCCCCCCCCCCC)CO[C@H]1O[C@H](CS(=O)(=O)O)[C@@H](O)C(O)C1O. The van der Waals surface area contributed by atoms with Crippen LogP contribution in [0.25, 0.3) is 0 Å². The molecule has 366 valence electrons. The number of hydrogen-bond donors (Lipinski definition) is 4. The van der Waals surface area contributed by atoms with Crippen molar-refractivity contribution in [1.29, 1.82) is 0 Å². The van der Waals surface area contributed by atoms with E-state index < -0.39 is 71.2 Å². The van der Waals surface area contributed by atoms with Gasteiger partial charge in [-0.25, -0.2) is 0 Å². The largest absolute Gasteiger partial charge is 0.462 e. The highest BCUT2D eigenvalue weighted by Gasteiger charge is 2.46. The third-order valence-electron chi connectivity index (χ3n) is 11.8. The van der Waals surface area contributed by atoms with Gasteiger partial charge in [0.15, 0.2) is 12.4 Å². The van der Waals surface area contributed by atoms with E-state index in [1.807, 2.05) is 0 Å². The van der Waals surface area contributed by atoms with Crippen LogP contribution in [0.1, 0.15) is 232 Å². The van der Waals surface area contributed by atoms with Gasteiger partial charge in [0.05, 0.1) is 6.61 Å². The van der Waals surface area contributed by atoms with Gasteiger partial charge in [-0.2, -0.15) is 8.42 Å². The highest BCUT2D eigenvalue weighted by atomic mass is 32.2. The molecule has 1 rings (SSSR count). The first-order chi connectivity index (χ1) is 30.0. The van der Waals surface area contributed by atoms with E-state index in [0.717, 1.165) is 44.9 Å². The molecule has 6 atom stereocenters. The van der Waals surface area contributed by atoms with Crippen LogP contribution in [0.5, 0.6) is 0 Å². The lowest BCUT2D eigenvalue weighted by Gasteiger charge is -2.40. The Balaban J connectivity index is 2.36. The molecule has 0 amide bonds. The number of allylic oxidation sites excluding steroid dienone is 2. The molecular formula is C49H92O12S. The molecule has 1 fully saturated rings. The van der Waals surface area contributed by atoms with Crippen molar-refractivity contribution in [2.24, 2.45) is 0 Å². The minimum Gasteiger partial charge on any atom is -0.462 e. The van der Waals surface area contributed by atoms with E-state index in [2.05, 4.69) is 26.0 Å². The first-order valence-electron chi connectivity index (χ1n) is 25.2. The number of carbonyl (C=O) groups is 2. The van der Waals surface area contributed by atoms with Crippen molar-refractivity contribution in [3.63, 3.8) is 0 Å². The number of hydrogen-bond acceptors (Lipinski definition) is 11. The third kappa shape index (κ3) is 33.8. The van der Waals surface area contributed by atoms with Crippen LogP contribution in [0, 0.1) is 0 Å². The number of ether oxygens (including phenoxy) is 4. The lowest BCUT2D eigenvalue weighted by molar-refractivity contribution is -0.297. The molecule has 0 aromatic heterocycles. The van der Waals surface area contributed by atoms with Crippen molar-refractivity contribution < 1.29 is 56.8 Å². The maximum Gasteiger partial charge on any atom is 0.306 e. The molecular weight excluding hydrogens is 813 g/mol. The van der Waals surface area contributed by atoms with Crippen molar-refractivity contribution >= 4 is 22.1 Å². The zero-order valence-electron chi connectivity index (χ0n) is 39.2. The summed E-state index contributed by atoms with van der Waals surface area (Å²) in [5.74, 6) is -1.97. The molecule has 1 heterocycles. The van der Waals surface area contributed by atoms with Crippen LogP contribution >= 0.6 is 0 Å². The highest BCUT2D eigenvalue weighted by molar-refractivity contribution is 7.85. The molecule has 0 aliphatic carbocycles. The van der Waals surface area contributed by atoms with E-state index in [4.69, 9.17) is 18.9 Å². The summed E-state index contributed by atoms with van der Waals surface area (Å²) >= 11 is 0. The van der Waals surface area contributed by atoms with Gasteiger partial charge in [-0.15, -0.1) is 0 Å². The van der Waals surface area contributed by atoms with E-state index in [-0.39, 0.29) is 19.4 Å². The Morgan fingerprint density at radius 3 is 1.39 bits per heavy atom. The van der Waals surface area contributed by atoms with E-state index in [1.54, 1.807) is 0 Å². The van der Waals surface area contributed by atoms with Gasteiger partial charge in [0, 0.05) is 12.8 Å². The van der Waals surface area contributed by atoms with Crippen LogP contribution in [0.15, 0.2) is 12.2 Å². The highest BCUT2D eigenvalue weighted by Crippen LogP contribution is 2.24. The Labute approximate surface area is 377 Å². The lowest BCUT2D eigenvalue weighted by atomic mass is 10.00. The minimum atomic E-state index is -4.60. The quantitative estimate of drug-likeness (QED) is 0.0197. The van der Waals surface area contributed by atoms with Gasteiger partial charge in [0.2, 0.25) is 0 Å². The summed E-state index contributed by atoms with van der Waals surface area (Å²) in [6, 6.07) is 0. The van der Waals surface area contributed by atoms with Gasteiger partial charge in [-0.1, -0.05) is 199 Å². The van der Waals surface area contributed by atoms with Gasteiger partial charge in [0.1, 0.15) is 36.8 Å². The van der Waals surface area contributed by atoms with Gasteiger partial charge >= 0.3 is 11.9 Å². The second-order valence-electron chi connectivity index (χ2n) is 17.8. The van der Waals surface area contributed by atoms with Crippen LogP contribution < -0.4 is 0 Å². The van der Waals surface area contributed by atoms with E-state index in [9.17, 15) is 37.9 Å². The van der Waals surface area contributed by atoms with Gasteiger partial charge in [-0.05, 0) is 32.1 Å². The number of aliphatic hydroxyl groups is 3. The zero-order valence-corrected chi connectivity index (χ0v) is 40.1. The Morgan fingerprint density at radius 2 is 0.935 bits per heavy atom. The number of rotatable bonds is 43. The molecule has 0 spiro atoms. The van der Waals surface area contributed by atoms with Crippen LogP contribution in [0.2, 0.25) is 0 Å². The van der Waals surface area contributed by atoms with E-state index in [1.165, 1.54) is 148 Å². The first-order valence-corrected chi connectivity index (χ1v) is 26.9. The Kier molecular flexibility index (Phi) is 37.4. The predicted octanol–water partition coefficient (Wildman–Crippen LogP) is 11.0. The van der Waals surface area contributed by atoms with Crippen molar-refractivity contribution in [3.05, 3.63) is 12.2 Å². The third-order valence-corrected chi connectivity index (χ3v) is 12.6. The maximum atomic E-state index is 12.8. The van der Waals surface area contributed by atoms with Crippen LogP contribution in [0.4, 0.5) is 0 Å². The van der Waals surface area contributed by atoms with Crippen molar-refractivity contribution in [2.45, 2.75) is 269 Å². The monoisotopic (exact) mass is 905 g/mol. The number of unbranched alkanes of at least 4 members (excludes halogenated alkanes) is 29. The molecule has 0 aromatic rings. The number of carbonyl (C=O) groups excluding carboxylic acids is 2. The summed E-state index contributed by atoms with van der Waals surface area (Å²) in [6.45, 7) is 3.77. The first kappa shape index (κ1) is 58.4. The summed E-state index contributed by atoms with van der Waals surface area (Å²) in [5.41, 5.74) is 0. The average molecular weight is 905 g/mol. The lowest BCUT2D eigenvalue weighted by Crippen LogP contribution is -2.60. The molecule has 1 aliphatic heterocycles. The summed E-state index contributed by atoms with van der Waals surface area (Å²) in [6.07, 6.45) is 33.9. The maximum absolute atomic E-state index is 12.8. The fourth-order valence-electron chi connectivity index (χ4n) is 7.90. The van der Waals surface area contributed by atoms with Crippen molar-refractivity contribution in [1.82, 2.24) is 0 Å². The van der Waals surface area contributed by atoms with Crippen LogP contribution in [-0.2, 0) is 38.7 Å². The summed E-state index contributed by atoms with van der Waals surface area (Å²) < 4.78 is 54.2. The van der Waals surface area contributed by atoms with Crippen molar-refractivity contribution in [2.75, 3.05) is 19.0 Å². The molecule has 0 bridgehead atoms. The van der Waals surface area contributed by atoms with E-state index >= 15 is 0 Å². The molecule has 1 aliphatic rings. The topological polar surface area (TPSA) is 186 Å². The molecule has 2 unspecified atom stereocenters. The fourth-order valence-corrected chi connectivity index (χ4v) is 8.59. The van der Waals surface area contributed by atoms with Gasteiger partial charge < -0.3 is 34.3 Å². The molecule has 0 aromatic carbocycles. The Hall–Kier alpha value is -1.61. The molecule has 0 saturated carbocycles. The molecule has 13 heteroatoms. The molecule has 12 nitrogen and oxygen atoms in total. The molecule has 1 saturated heterocycles. The Bertz CT molecular complexity index is 1200. The summed E-state index contributed by atoms with van der Waals surface area (Å²) in [5, 5.41) is 30.9. The van der Waals surface area contributed by atoms with Gasteiger partial charge in [-0.3, -0.25) is 14.1 Å². The number of aliphatic hydroxyl groups excluding tert-OH is 3. The van der Waals surface area contributed by atoms with Crippen molar-refractivity contribution in [3.8, 4) is 0 Å². The fraction of sp³-hybridized carbons (Fsp3) is 0.918. The molecule has 0 radical (unpaired) electrons. The minimum absolute atomic E-state index is 0.166. The smallest absolute Gasteiger partial charge is 0.306 e. The Morgan fingerprint density at radius 1 is 0.532 bits per heavy atom. The average Bonchev–Trinajstić information content (AvgIpc) is 3.24. The zero-order chi connectivity index (χ0) is 45.5. The normalized spacial score (nSPS) is 19.9. The molecule has 62 heavy (non-hydrogen) atoms.